The van der Waals surface area contributed by atoms with Gasteiger partial charge in [0.25, 0.3) is 5.91 Å². The summed E-state index contributed by atoms with van der Waals surface area (Å²) in [6, 6.07) is 12.8. The standard InChI is InChI=1S/C20H18N2O5/c1-12(20(24)22-14-6-7-17-18(9-14)26-11-25-17)27-19(23)8-13-10-21-16-5-3-2-4-15(13)16/h2-7,9-10,12,21H,8,11H2,1H3,(H,22,24)/t12-/m1/s1. The molecule has 1 aliphatic heterocycles. The van der Waals surface area contributed by atoms with Gasteiger partial charge in [0.2, 0.25) is 6.79 Å². The molecular weight excluding hydrogens is 348 g/mol. The van der Waals surface area contributed by atoms with Crippen molar-refractivity contribution in [3.63, 3.8) is 0 Å². The minimum Gasteiger partial charge on any atom is -0.454 e. The van der Waals surface area contributed by atoms with E-state index in [9.17, 15) is 9.59 Å². The van der Waals surface area contributed by atoms with Crippen LogP contribution in [0, 0.1) is 0 Å². The number of anilines is 1. The Kier molecular flexibility index (Phi) is 4.42. The second-order valence-corrected chi connectivity index (χ2v) is 6.23. The minimum atomic E-state index is -0.923. The first-order valence-electron chi connectivity index (χ1n) is 8.55. The molecule has 0 saturated heterocycles. The summed E-state index contributed by atoms with van der Waals surface area (Å²) in [5.74, 6) is 0.317. The predicted molar refractivity (Wildman–Crippen MR) is 98.8 cm³/mol. The number of benzene rings is 2. The first kappa shape index (κ1) is 17.0. The van der Waals surface area contributed by atoms with Gasteiger partial charge in [-0.1, -0.05) is 18.2 Å². The van der Waals surface area contributed by atoms with Crippen molar-refractivity contribution in [2.24, 2.45) is 0 Å². The third-order valence-corrected chi connectivity index (χ3v) is 4.33. The number of aromatic nitrogens is 1. The highest BCUT2D eigenvalue weighted by Gasteiger charge is 2.20. The average Bonchev–Trinajstić information content (AvgIpc) is 3.28. The van der Waals surface area contributed by atoms with Gasteiger partial charge in [-0.2, -0.15) is 0 Å². The Morgan fingerprint density at radius 2 is 2.00 bits per heavy atom. The number of rotatable bonds is 5. The highest BCUT2D eigenvalue weighted by molar-refractivity contribution is 5.96. The molecule has 0 spiro atoms. The summed E-state index contributed by atoms with van der Waals surface area (Å²) in [6.07, 6.45) is 0.947. The van der Waals surface area contributed by atoms with E-state index in [-0.39, 0.29) is 13.2 Å². The first-order chi connectivity index (χ1) is 13.1. The molecule has 0 radical (unpaired) electrons. The fourth-order valence-electron chi connectivity index (χ4n) is 2.94. The maximum Gasteiger partial charge on any atom is 0.311 e. The molecule has 1 aliphatic rings. The van der Waals surface area contributed by atoms with Crippen molar-refractivity contribution in [1.82, 2.24) is 4.98 Å². The molecule has 7 nitrogen and oxygen atoms in total. The Balaban J connectivity index is 1.36. The zero-order valence-electron chi connectivity index (χ0n) is 14.7. The zero-order valence-corrected chi connectivity index (χ0v) is 14.7. The number of aromatic amines is 1. The van der Waals surface area contributed by atoms with Crippen molar-refractivity contribution < 1.29 is 23.8 Å². The normalized spacial score (nSPS) is 13.4. The molecule has 1 aromatic heterocycles. The summed E-state index contributed by atoms with van der Waals surface area (Å²) in [4.78, 5) is 27.6. The Bertz CT molecular complexity index is 1010. The maximum absolute atomic E-state index is 12.3. The highest BCUT2D eigenvalue weighted by atomic mass is 16.7. The third-order valence-electron chi connectivity index (χ3n) is 4.33. The van der Waals surface area contributed by atoms with Gasteiger partial charge < -0.3 is 24.5 Å². The molecule has 138 valence electrons. The molecular formula is C20H18N2O5. The molecule has 0 fully saturated rings. The van der Waals surface area contributed by atoms with Crippen molar-refractivity contribution in [3.05, 3.63) is 54.2 Å². The van der Waals surface area contributed by atoms with Crippen LogP contribution in [0.4, 0.5) is 5.69 Å². The number of nitrogens with one attached hydrogen (secondary N) is 2. The maximum atomic E-state index is 12.3. The van der Waals surface area contributed by atoms with E-state index in [1.54, 1.807) is 24.4 Å². The van der Waals surface area contributed by atoms with E-state index >= 15 is 0 Å². The number of carbonyl (C=O) groups is 2. The molecule has 7 heteroatoms. The van der Waals surface area contributed by atoms with E-state index in [0.29, 0.717) is 17.2 Å². The zero-order chi connectivity index (χ0) is 18.8. The number of ether oxygens (including phenoxy) is 3. The number of carbonyl (C=O) groups excluding carboxylic acids is 2. The highest BCUT2D eigenvalue weighted by Crippen LogP contribution is 2.34. The molecule has 2 aromatic carbocycles. The lowest BCUT2D eigenvalue weighted by atomic mass is 10.1. The van der Waals surface area contributed by atoms with Gasteiger partial charge in [-0.25, -0.2) is 0 Å². The van der Waals surface area contributed by atoms with E-state index in [1.165, 1.54) is 6.92 Å². The molecule has 27 heavy (non-hydrogen) atoms. The largest absolute Gasteiger partial charge is 0.454 e. The SMILES string of the molecule is C[C@@H](OC(=O)Cc1c[nH]c2ccccc12)C(=O)Nc1ccc2c(c1)OCO2. The Hall–Kier alpha value is -3.48. The van der Waals surface area contributed by atoms with Crippen LogP contribution in [0.3, 0.4) is 0 Å². The van der Waals surface area contributed by atoms with Crippen molar-refractivity contribution in [1.29, 1.82) is 0 Å². The van der Waals surface area contributed by atoms with Crippen LogP contribution in [0.5, 0.6) is 11.5 Å². The Morgan fingerprint density at radius 3 is 2.89 bits per heavy atom. The first-order valence-corrected chi connectivity index (χ1v) is 8.55. The van der Waals surface area contributed by atoms with Crippen LogP contribution in [-0.2, 0) is 20.7 Å². The number of fused-ring (bicyclic) bond motifs is 2. The topological polar surface area (TPSA) is 89.7 Å². The average molecular weight is 366 g/mol. The van der Waals surface area contributed by atoms with Gasteiger partial charge in [0.15, 0.2) is 17.6 Å². The molecule has 4 rings (SSSR count). The van der Waals surface area contributed by atoms with Gasteiger partial charge >= 0.3 is 5.97 Å². The van der Waals surface area contributed by atoms with E-state index in [1.807, 2.05) is 24.3 Å². The molecule has 0 aliphatic carbocycles. The summed E-state index contributed by atoms with van der Waals surface area (Å²) < 4.78 is 15.8. The van der Waals surface area contributed by atoms with Gasteiger partial charge in [-0.05, 0) is 30.7 Å². The van der Waals surface area contributed by atoms with Gasteiger partial charge in [-0.3, -0.25) is 9.59 Å². The second kappa shape index (κ2) is 7.03. The van der Waals surface area contributed by atoms with Crippen LogP contribution < -0.4 is 14.8 Å². The number of hydrogen-bond donors (Lipinski definition) is 2. The molecule has 0 unspecified atom stereocenters. The predicted octanol–water partition coefficient (Wildman–Crippen LogP) is 3.01. The molecule has 2 heterocycles. The fourth-order valence-corrected chi connectivity index (χ4v) is 2.94. The fraction of sp³-hybridized carbons (Fsp3) is 0.200. The van der Waals surface area contributed by atoms with Gasteiger partial charge in [0.05, 0.1) is 6.42 Å². The van der Waals surface area contributed by atoms with Gasteiger partial charge in [0.1, 0.15) is 0 Å². The summed E-state index contributed by atoms with van der Waals surface area (Å²) >= 11 is 0. The quantitative estimate of drug-likeness (QED) is 0.678. The second-order valence-electron chi connectivity index (χ2n) is 6.23. The Morgan fingerprint density at radius 1 is 1.19 bits per heavy atom. The molecule has 0 bridgehead atoms. The van der Waals surface area contributed by atoms with Crippen molar-refractivity contribution in [3.8, 4) is 11.5 Å². The number of H-pyrrole nitrogens is 1. The smallest absolute Gasteiger partial charge is 0.311 e. The van der Waals surface area contributed by atoms with E-state index in [2.05, 4.69) is 10.3 Å². The van der Waals surface area contributed by atoms with Crippen molar-refractivity contribution in [2.75, 3.05) is 12.1 Å². The van der Waals surface area contributed by atoms with Crippen LogP contribution in [0.2, 0.25) is 0 Å². The van der Waals surface area contributed by atoms with Crippen LogP contribution in [0.1, 0.15) is 12.5 Å². The molecule has 2 N–H and O–H groups in total. The van der Waals surface area contributed by atoms with Crippen LogP contribution in [0.15, 0.2) is 48.7 Å². The summed E-state index contributed by atoms with van der Waals surface area (Å²) in [5.41, 5.74) is 2.33. The van der Waals surface area contributed by atoms with E-state index in [4.69, 9.17) is 14.2 Å². The minimum absolute atomic E-state index is 0.0889. The van der Waals surface area contributed by atoms with Crippen LogP contribution in [0.25, 0.3) is 10.9 Å². The van der Waals surface area contributed by atoms with Gasteiger partial charge in [-0.15, -0.1) is 0 Å². The monoisotopic (exact) mass is 366 g/mol. The summed E-state index contributed by atoms with van der Waals surface area (Å²) in [7, 11) is 0. The van der Waals surface area contributed by atoms with E-state index < -0.39 is 18.0 Å². The van der Waals surface area contributed by atoms with Crippen molar-refractivity contribution in [2.45, 2.75) is 19.4 Å². The van der Waals surface area contributed by atoms with E-state index in [0.717, 1.165) is 16.5 Å². The summed E-state index contributed by atoms with van der Waals surface area (Å²) in [5, 5.41) is 3.67. The molecule has 0 saturated carbocycles. The number of esters is 1. The number of amides is 1. The number of hydrogen-bond acceptors (Lipinski definition) is 5. The molecule has 1 amide bonds. The lowest BCUT2D eigenvalue weighted by Gasteiger charge is -2.13. The third kappa shape index (κ3) is 3.57. The molecule has 1 atom stereocenters. The number of para-hydroxylation sites is 1. The van der Waals surface area contributed by atoms with Gasteiger partial charge in [0, 0.05) is 28.9 Å². The van der Waals surface area contributed by atoms with Crippen LogP contribution >= 0.6 is 0 Å². The lowest BCUT2D eigenvalue weighted by Crippen LogP contribution is -2.30. The lowest BCUT2D eigenvalue weighted by molar-refractivity contribution is -0.152. The molecule has 3 aromatic rings. The van der Waals surface area contributed by atoms with Crippen molar-refractivity contribution >= 4 is 28.5 Å². The van der Waals surface area contributed by atoms with Crippen LogP contribution in [-0.4, -0.2) is 29.8 Å². The summed E-state index contributed by atoms with van der Waals surface area (Å²) in [6.45, 7) is 1.70. The Labute approximate surface area is 155 Å².